The third kappa shape index (κ3) is 2.74. The van der Waals surface area contributed by atoms with Crippen molar-refractivity contribution in [1.29, 1.82) is 0 Å². The fourth-order valence-electron chi connectivity index (χ4n) is 2.34. The van der Waals surface area contributed by atoms with Crippen LogP contribution in [0.4, 0.5) is 13.2 Å². The average Bonchev–Trinajstić information content (AvgIpc) is 2.40. The van der Waals surface area contributed by atoms with Crippen LogP contribution in [0.1, 0.15) is 0 Å². The normalized spacial score (nSPS) is 32.8. The van der Waals surface area contributed by atoms with Crippen LogP contribution in [0.25, 0.3) is 0 Å². The number of nitrogens with one attached hydrogen (secondary N) is 1. The van der Waals surface area contributed by atoms with Crippen molar-refractivity contribution in [3.8, 4) is 0 Å². The maximum absolute atomic E-state index is 12.0. The monoisotopic (exact) mass is 230 g/mol. The molecule has 0 amide bonds. The second kappa shape index (κ2) is 4.24. The van der Waals surface area contributed by atoms with Crippen LogP contribution in [0.15, 0.2) is 0 Å². The van der Waals surface area contributed by atoms with Gasteiger partial charge in [-0.15, -0.1) is 12.4 Å². The highest BCUT2D eigenvalue weighted by Gasteiger charge is 2.40. The highest BCUT2D eigenvalue weighted by Crippen LogP contribution is 2.28. The Labute approximate surface area is 87.2 Å². The van der Waals surface area contributed by atoms with E-state index in [-0.39, 0.29) is 12.4 Å². The van der Waals surface area contributed by atoms with E-state index < -0.39 is 12.7 Å². The van der Waals surface area contributed by atoms with Crippen molar-refractivity contribution < 1.29 is 13.2 Å². The van der Waals surface area contributed by atoms with Gasteiger partial charge >= 0.3 is 6.18 Å². The van der Waals surface area contributed by atoms with Crippen molar-refractivity contribution in [2.45, 2.75) is 6.18 Å². The molecule has 2 heterocycles. The summed E-state index contributed by atoms with van der Waals surface area (Å²) in [5.41, 5.74) is 0. The fraction of sp³-hybridized carbons (Fsp3) is 1.00. The molecule has 2 rings (SSSR count). The van der Waals surface area contributed by atoms with Crippen molar-refractivity contribution in [3.05, 3.63) is 0 Å². The van der Waals surface area contributed by atoms with Crippen molar-refractivity contribution in [2.24, 2.45) is 11.8 Å². The number of hydrogen-bond acceptors (Lipinski definition) is 2. The second-order valence-electron chi connectivity index (χ2n) is 3.99. The van der Waals surface area contributed by atoms with E-state index in [2.05, 4.69) is 5.32 Å². The van der Waals surface area contributed by atoms with Gasteiger partial charge in [0.2, 0.25) is 0 Å². The molecule has 0 aliphatic carbocycles. The molecule has 2 aliphatic heterocycles. The SMILES string of the molecule is Cl.FC(F)(F)CN1CC2CNCC2C1. The number of likely N-dealkylation sites (tertiary alicyclic amines) is 1. The standard InChI is InChI=1S/C8H13F3N2.ClH/c9-8(10,11)5-13-3-6-1-12-2-7(6)4-13;/h6-7,12H,1-5H2;1H. The molecule has 0 aromatic carbocycles. The van der Waals surface area contributed by atoms with Crippen molar-refractivity contribution in [2.75, 3.05) is 32.7 Å². The van der Waals surface area contributed by atoms with Crippen molar-refractivity contribution >= 4 is 12.4 Å². The van der Waals surface area contributed by atoms with Gasteiger partial charge in [0.1, 0.15) is 0 Å². The molecule has 84 valence electrons. The largest absolute Gasteiger partial charge is 0.401 e. The number of fused-ring (bicyclic) bond motifs is 1. The minimum absolute atomic E-state index is 0. The Hall–Kier alpha value is -0.0000000000000000416. The smallest absolute Gasteiger partial charge is 0.316 e. The number of rotatable bonds is 1. The van der Waals surface area contributed by atoms with Gasteiger partial charge in [-0.05, 0) is 24.9 Å². The van der Waals surface area contributed by atoms with E-state index in [0.29, 0.717) is 24.9 Å². The van der Waals surface area contributed by atoms with Crippen LogP contribution in [0, 0.1) is 11.8 Å². The van der Waals surface area contributed by atoms with Gasteiger partial charge in [0.15, 0.2) is 0 Å². The Morgan fingerprint density at radius 1 is 1.14 bits per heavy atom. The van der Waals surface area contributed by atoms with Gasteiger partial charge in [-0.25, -0.2) is 0 Å². The fourth-order valence-corrected chi connectivity index (χ4v) is 2.34. The molecule has 0 radical (unpaired) electrons. The summed E-state index contributed by atoms with van der Waals surface area (Å²) in [7, 11) is 0. The topological polar surface area (TPSA) is 15.3 Å². The predicted octanol–water partition coefficient (Wildman–Crippen LogP) is 1.12. The van der Waals surface area contributed by atoms with E-state index in [0.717, 1.165) is 13.1 Å². The van der Waals surface area contributed by atoms with E-state index in [1.54, 1.807) is 0 Å². The lowest BCUT2D eigenvalue weighted by atomic mass is 10.0. The van der Waals surface area contributed by atoms with Crippen molar-refractivity contribution in [3.63, 3.8) is 0 Å². The lowest BCUT2D eigenvalue weighted by Gasteiger charge is -2.18. The van der Waals surface area contributed by atoms with Crippen LogP contribution >= 0.6 is 12.4 Å². The van der Waals surface area contributed by atoms with Gasteiger partial charge in [0.25, 0.3) is 0 Å². The molecule has 2 nitrogen and oxygen atoms in total. The molecule has 2 fully saturated rings. The van der Waals surface area contributed by atoms with Gasteiger partial charge < -0.3 is 5.32 Å². The Morgan fingerprint density at radius 2 is 1.64 bits per heavy atom. The number of nitrogens with zero attached hydrogens (tertiary/aromatic N) is 1. The maximum Gasteiger partial charge on any atom is 0.401 e. The van der Waals surface area contributed by atoms with E-state index in [9.17, 15) is 13.2 Å². The quantitative estimate of drug-likeness (QED) is 0.726. The Kier molecular flexibility index (Phi) is 3.66. The van der Waals surface area contributed by atoms with Crippen LogP contribution in [0.3, 0.4) is 0 Å². The highest BCUT2D eigenvalue weighted by molar-refractivity contribution is 5.85. The first-order valence-electron chi connectivity index (χ1n) is 4.54. The lowest BCUT2D eigenvalue weighted by Crippen LogP contribution is -2.34. The molecule has 2 aliphatic rings. The molecular weight excluding hydrogens is 217 g/mol. The molecule has 0 spiro atoms. The summed E-state index contributed by atoms with van der Waals surface area (Å²) in [6.07, 6.45) is -4.04. The average molecular weight is 231 g/mol. The number of halogens is 4. The minimum atomic E-state index is -4.04. The first-order chi connectivity index (χ1) is 6.04. The third-order valence-corrected chi connectivity index (χ3v) is 2.87. The summed E-state index contributed by atoms with van der Waals surface area (Å²) < 4.78 is 36.1. The summed E-state index contributed by atoms with van der Waals surface area (Å²) in [6.45, 7) is 2.26. The van der Waals surface area contributed by atoms with Gasteiger partial charge in [-0.1, -0.05) is 0 Å². The molecule has 0 aromatic rings. The Bertz CT molecular complexity index is 186. The Balaban J connectivity index is 0.000000980. The summed E-state index contributed by atoms with van der Waals surface area (Å²) in [5, 5.41) is 3.20. The van der Waals surface area contributed by atoms with Crippen LogP contribution < -0.4 is 5.32 Å². The molecular formula is C8H14ClF3N2. The zero-order valence-corrected chi connectivity index (χ0v) is 8.50. The molecule has 0 aromatic heterocycles. The van der Waals surface area contributed by atoms with Gasteiger partial charge in [0, 0.05) is 13.1 Å². The third-order valence-electron chi connectivity index (χ3n) is 2.87. The van der Waals surface area contributed by atoms with E-state index in [1.165, 1.54) is 4.90 Å². The lowest BCUT2D eigenvalue weighted by molar-refractivity contribution is -0.144. The molecule has 0 saturated carbocycles. The van der Waals surface area contributed by atoms with Gasteiger partial charge in [-0.3, -0.25) is 4.90 Å². The van der Waals surface area contributed by atoms with Crippen LogP contribution in [0.2, 0.25) is 0 Å². The summed E-state index contributed by atoms with van der Waals surface area (Å²) >= 11 is 0. The molecule has 2 unspecified atom stereocenters. The van der Waals surface area contributed by atoms with E-state index in [4.69, 9.17) is 0 Å². The second-order valence-corrected chi connectivity index (χ2v) is 3.99. The molecule has 1 N–H and O–H groups in total. The highest BCUT2D eigenvalue weighted by atomic mass is 35.5. The molecule has 6 heteroatoms. The number of alkyl halides is 3. The maximum atomic E-state index is 12.0. The first kappa shape index (κ1) is 12.1. The minimum Gasteiger partial charge on any atom is -0.316 e. The summed E-state index contributed by atoms with van der Waals surface area (Å²) in [4.78, 5) is 1.52. The van der Waals surface area contributed by atoms with Gasteiger partial charge in [-0.2, -0.15) is 13.2 Å². The summed E-state index contributed by atoms with van der Waals surface area (Å²) in [5.74, 6) is 0.893. The van der Waals surface area contributed by atoms with Gasteiger partial charge in [0.05, 0.1) is 6.54 Å². The van der Waals surface area contributed by atoms with Crippen LogP contribution in [0.5, 0.6) is 0 Å². The summed E-state index contributed by atoms with van der Waals surface area (Å²) in [6, 6.07) is 0. The zero-order chi connectivity index (χ0) is 9.47. The van der Waals surface area contributed by atoms with Crippen LogP contribution in [-0.4, -0.2) is 43.8 Å². The van der Waals surface area contributed by atoms with Crippen molar-refractivity contribution in [1.82, 2.24) is 10.2 Å². The van der Waals surface area contributed by atoms with E-state index in [1.807, 2.05) is 0 Å². The predicted molar refractivity (Wildman–Crippen MR) is 49.6 cm³/mol. The number of hydrogen-bond donors (Lipinski definition) is 1. The molecule has 14 heavy (non-hydrogen) atoms. The molecule has 2 saturated heterocycles. The van der Waals surface area contributed by atoms with E-state index >= 15 is 0 Å². The van der Waals surface area contributed by atoms with Crippen LogP contribution in [-0.2, 0) is 0 Å². The first-order valence-corrected chi connectivity index (χ1v) is 4.54. The zero-order valence-electron chi connectivity index (χ0n) is 7.68. The Morgan fingerprint density at radius 3 is 2.07 bits per heavy atom. The molecule has 2 atom stereocenters. The molecule has 0 bridgehead atoms.